The van der Waals surface area contributed by atoms with Crippen molar-refractivity contribution in [1.82, 2.24) is 5.32 Å². The molecule has 0 aromatic heterocycles. The maximum absolute atomic E-state index is 13.4. The van der Waals surface area contributed by atoms with E-state index in [1.165, 1.54) is 24.3 Å². The van der Waals surface area contributed by atoms with Crippen LogP contribution >= 0.6 is 23.2 Å². The van der Waals surface area contributed by atoms with E-state index in [-0.39, 0.29) is 10.0 Å². The van der Waals surface area contributed by atoms with Gasteiger partial charge in [0.25, 0.3) is 0 Å². The number of hydrogen-bond acceptors (Lipinski definition) is 2. The normalized spacial score (nSPS) is 10.8. The topological polar surface area (TPSA) is 21.3 Å². The first-order valence-electron chi connectivity index (χ1n) is 7.25. The van der Waals surface area contributed by atoms with Gasteiger partial charge < -0.3 is 9.97 Å². The highest BCUT2D eigenvalue weighted by Crippen LogP contribution is 2.14. The summed E-state index contributed by atoms with van der Waals surface area (Å²) >= 11 is 11.7. The Labute approximate surface area is 144 Å². The van der Waals surface area contributed by atoms with Gasteiger partial charge in [0.05, 0.1) is 10.0 Å². The molecule has 1 N–H and O–H groups in total. The Balaban J connectivity index is 2.29. The van der Waals surface area contributed by atoms with Gasteiger partial charge in [0, 0.05) is 13.2 Å². The van der Waals surface area contributed by atoms with E-state index in [0.29, 0.717) is 24.1 Å². The standard InChI is InChI=1S/C16H16BCl2F2NO/c1-2-22-7-8-23-17(11-3-5-15(20)13(18)9-11)12-4-6-16(21)14(19)10-12/h3-6,9-10,22H,2,7-8H2,1H3. The maximum atomic E-state index is 13.4. The molecule has 0 atom stereocenters. The smallest absolute Gasteiger partial charge is 0.361 e. The van der Waals surface area contributed by atoms with E-state index in [4.69, 9.17) is 27.9 Å². The van der Waals surface area contributed by atoms with Crippen LogP contribution in [0.3, 0.4) is 0 Å². The molecule has 0 saturated carbocycles. The third kappa shape index (κ3) is 4.92. The molecule has 23 heavy (non-hydrogen) atoms. The van der Waals surface area contributed by atoms with Gasteiger partial charge in [-0.25, -0.2) is 8.78 Å². The first-order valence-corrected chi connectivity index (χ1v) is 8.00. The van der Waals surface area contributed by atoms with Gasteiger partial charge in [-0.2, -0.15) is 0 Å². The summed E-state index contributed by atoms with van der Waals surface area (Å²) in [4.78, 5) is 0. The quantitative estimate of drug-likeness (QED) is 0.607. The molecule has 122 valence electrons. The molecule has 2 aromatic rings. The van der Waals surface area contributed by atoms with Gasteiger partial charge in [0.2, 0.25) is 0 Å². The number of likely N-dealkylation sites (N-methyl/N-ethyl adjacent to an activating group) is 1. The minimum Gasteiger partial charge on any atom is -0.426 e. The molecule has 0 aliphatic rings. The van der Waals surface area contributed by atoms with Crippen LogP contribution in [0.15, 0.2) is 36.4 Å². The first-order chi connectivity index (χ1) is 11.0. The lowest BCUT2D eigenvalue weighted by molar-refractivity contribution is 0.330. The van der Waals surface area contributed by atoms with Crippen molar-refractivity contribution in [3.8, 4) is 0 Å². The summed E-state index contributed by atoms with van der Waals surface area (Å²) in [6, 6.07) is 8.76. The summed E-state index contributed by atoms with van der Waals surface area (Å²) in [5.74, 6) is -1.00. The summed E-state index contributed by atoms with van der Waals surface area (Å²) in [5, 5.41) is 3.17. The van der Waals surface area contributed by atoms with Gasteiger partial charge >= 0.3 is 6.92 Å². The monoisotopic (exact) mass is 357 g/mol. The second-order valence-corrected chi connectivity index (χ2v) is 5.77. The fourth-order valence-corrected chi connectivity index (χ4v) is 2.54. The number of rotatable bonds is 7. The van der Waals surface area contributed by atoms with Crippen molar-refractivity contribution in [2.75, 3.05) is 19.7 Å². The van der Waals surface area contributed by atoms with Crippen molar-refractivity contribution in [3.63, 3.8) is 0 Å². The van der Waals surface area contributed by atoms with Crippen molar-refractivity contribution in [1.29, 1.82) is 0 Å². The molecular formula is C16H16BCl2F2NO. The zero-order valence-corrected chi connectivity index (χ0v) is 14.1. The molecule has 0 fully saturated rings. The molecule has 0 radical (unpaired) electrons. The van der Waals surface area contributed by atoms with Crippen LogP contribution in [0.2, 0.25) is 10.0 Å². The van der Waals surface area contributed by atoms with Crippen LogP contribution in [0, 0.1) is 11.6 Å². The van der Waals surface area contributed by atoms with Gasteiger partial charge in [-0.3, -0.25) is 0 Å². The van der Waals surface area contributed by atoms with Gasteiger partial charge in [-0.05, 0) is 41.7 Å². The molecule has 0 heterocycles. The molecule has 0 aliphatic carbocycles. The number of nitrogens with one attached hydrogen (secondary N) is 1. The largest absolute Gasteiger partial charge is 0.426 e. The molecule has 0 aliphatic heterocycles. The molecule has 0 unspecified atom stereocenters. The summed E-state index contributed by atoms with van der Waals surface area (Å²) < 4.78 is 32.6. The molecule has 0 saturated heterocycles. The molecule has 2 rings (SSSR count). The van der Waals surface area contributed by atoms with Crippen molar-refractivity contribution >= 4 is 41.0 Å². The van der Waals surface area contributed by atoms with Gasteiger partial charge in [-0.1, -0.05) is 42.3 Å². The summed E-state index contributed by atoms with van der Waals surface area (Å²) in [6.45, 7) is 3.42. The second kappa shape index (κ2) is 8.64. The summed E-state index contributed by atoms with van der Waals surface area (Å²) in [5.41, 5.74) is 1.35. The van der Waals surface area contributed by atoms with Crippen LogP contribution in [-0.4, -0.2) is 26.6 Å². The molecule has 2 aromatic carbocycles. The fourth-order valence-electron chi connectivity index (χ4n) is 2.16. The third-order valence-corrected chi connectivity index (χ3v) is 3.89. The lowest BCUT2D eigenvalue weighted by Crippen LogP contribution is -2.46. The van der Waals surface area contributed by atoms with Crippen LogP contribution in [-0.2, 0) is 4.65 Å². The highest BCUT2D eigenvalue weighted by Gasteiger charge is 2.23. The SMILES string of the molecule is CCNCCOB(c1ccc(F)c(Cl)c1)c1ccc(F)c(Cl)c1. The Morgan fingerprint density at radius 3 is 1.96 bits per heavy atom. The van der Waals surface area contributed by atoms with E-state index in [9.17, 15) is 8.78 Å². The number of hydrogen-bond donors (Lipinski definition) is 1. The average molecular weight is 358 g/mol. The lowest BCUT2D eigenvalue weighted by atomic mass is 9.55. The minimum absolute atomic E-state index is 0.0102. The van der Waals surface area contributed by atoms with Gasteiger partial charge in [0.1, 0.15) is 11.6 Å². The van der Waals surface area contributed by atoms with E-state index in [0.717, 1.165) is 6.54 Å². The number of benzene rings is 2. The van der Waals surface area contributed by atoms with Crippen LogP contribution in [0.4, 0.5) is 8.78 Å². The van der Waals surface area contributed by atoms with Crippen LogP contribution in [0.1, 0.15) is 6.92 Å². The molecule has 2 nitrogen and oxygen atoms in total. The Bertz CT molecular complexity index is 621. The Hall–Kier alpha value is -1.14. The van der Waals surface area contributed by atoms with E-state index in [1.807, 2.05) is 6.92 Å². The zero-order chi connectivity index (χ0) is 16.8. The van der Waals surface area contributed by atoms with E-state index in [1.54, 1.807) is 12.1 Å². The van der Waals surface area contributed by atoms with Gasteiger partial charge in [0.15, 0.2) is 0 Å². The Morgan fingerprint density at radius 2 is 1.52 bits per heavy atom. The predicted molar refractivity (Wildman–Crippen MR) is 92.3 cm³/mol. The third-order valence-electron chi connectivity index (χ3n) is 3.31. The molecule has 0 bridgehead atoms. The second-order valence-electron chi connectivity index (χ2n) is 4.95. The zero-order valence-electron chi connectivity index (χ0n) is 12.6. The van der Waals surface area contributed by atoms with E-state index < -0.39 is 18.6 Å². The van der Waals surface area contributed by atoms with Crippen LogP contribution < -0.4 is 16.2 Å². The van der Waals surface area contributed by atoms with E-state index >= 15 is 0 Å². The van der Waals surface area contributed by atoms with Crippen LogP contribution in [0.5, 0.6) is 0 Å². The number of halogens is 4. The Kier molecular flexibility index (Phi) is 6.84. The van der Waals surface area contributed by atoms with Gasteiger partial charge in [-0.15, -0.1) is 0 Å². The Morgan fingerprint density at radius 1 is 1.00 bits per heavy atom. The van der Waals surface area contributed by atoms with Crippen molar-refractivity contribution in [3.05, 3.63) is 58.1 Å². The maximum Gasteiger partial charge on any atom is 0.361 e. The van der Waals surface area contributed by atoms with Crippen molar-refractivity contribution in [2.24, 2.45) is 0 Å². The highest BCUT2D eigenvalue weighted by atomic mass is 35.5. The average Bonchev–Trinajstić information content (AvgIpc) is 2.53. The first kappa shape index (κ1) is 18.2. The van der Waals surface area contributed by atoms with Crippen molar-refractivity contribution in [2.45, 2.75) is 6.92 Å². The highest BCUT2D eigenvalue weighted by molar-refractivity contribution is 6.80. The lowest BCUT2D eigenvalue weighted by Gasteiger charge is -2.16. The molecule has 0 spiro atoms. The summed E-state index contributed by atoms with van der Waals surface area (Å²) in [7, 11) is 0. The predicted octanol–water partition coefficient (Wildman–Crippen LogP) is 3.00. The molecular weight excluding hydrogens is 342 g/mol. The summed E-state index contributed by atoms with van der Waals surface area (Å²) in [6.07, 6.45) is 0. The molecule has 0 amide bonds. The minimum atomic E-state index is -0.509. The van der Waals surface area contributed by atoms with Crippen molar-refractivity contribution < 1.29 is 13.4 Å². The van der Waals surface area contributed by atoms with E-state index in [2.05, 4.69) is 5.32 Å². The van der Waals surface area contributed by atoms with Crippen LogP contribution in [0.25, 0.3) is 0 Å². The fraction of sp³-hybridized carbons (Fsp3) is 0.250. The molecule has 7 heteroatoms.